The van der Waals surface area contributed by atoms with Gasteiger partial charge >= 0.3 is 0 Å². The van der Waals surface area contributed by atoms with E-state index in [9.17, 15) is 20.4 Å². The van der Waals surface area contributed by atoms with E-state index in [1.807, 2.05) is 0 Å². The van der Waals surface area contributed by atoms with Gasteiger partial charge in [0.1, 0.15) is 24.4 Å². The van der Waals surface area contributed by atoms with Crippen molar-refractivity contribution < 1.29 is 44.1 Å². The molecule has 3 heterocycles. The Morgan fingerprint density at radius 2 is 1.76 bits per heavy atom. The third-order valence-corrected chi connectivity index (χ3v) is 4.85. The van der Waals surface area contributed by atoms with Crippen LogP contribution in [0.15, 0.2) is 0 Å². The minimum absolute atomic E-state index is 0.0456. The van der Waals surface area contributed by atoms with Crippen LogP contribution in [0.2, 0.25) is 0 Å². The summed E-state index contributed by atoms with van der Waals surface area (Å²) in [5.74, 6) is 0. The molecule has 3 aliphatic rings. The molecule has 0 spiro atoms. The van der Waals surface area contributed by atoms with Gasteiger partial charge in [0.15, 0.2) is 12.6 Å². The van der Waals surface area contributed by atoms with Crippen LogP contribution in [0, 0.1) is 0 Å². The number of hydrogen-bond donors (Lipinski definition) is 4. The van der Waals surface area contributed by atoms with Crippen LogP contribution >= 0.6 is 0 Å². The van der Waals surface area contributed by atoms with E-state index in [0.717, 1.165) is 19.4 Å². The molecule has 3 saturated heterocycles. The highest BCUT2D eigenvalue weighted by molar-refractivity contribution is 4.87. The van der Waals surface area contributed by atoms with Crippen molar-refractivity contribution in [2.24, 2.45) is 0 Å². The highest BCUT2D eigenvalue weighted by Gasteiger charge is 2.44. The summed E-state index contributed by atoms with van der Waals surface area (Å²) in [6.07, 6.45) is -5.76. The lowest BCUT2D eigenvalue weighted by Gasteiger charge is -2.43. The molecule has 9 heteroatoms. The van der Waals surface area contributed by atoms with Gasteiger partial charge in [-0.15, -0.1) is 0 Å². The Kier molecular flexibility index (Phi) is 6.64. The predicted octanol–water partition coefficient (Wildman–Crippen LogP) is -1.50. The highest BCUT2D eigenvalue weighted by atomic mass is 16.7. The Morgan fingerprint density at radius 3 is 2.44 bits per heavy atom. The predicted molar refractivity (Wildman–Crippen MR) is 82.5 cm³/mol. The summed E-state index contributed by atoms with van der Waals surface area (Å²) in [4.78, 5) is 0. The Hall–Kier alpha value is -0.360. The van der Waals surface area contributed by atoms with Gasteiger partial charge in [-0.2, -0.15) is 0 Å². The molecule has 3 fully saturated rings. The summed E-state index contributed by atoms with van der Waals surface area (Å²) in [6, 6.07) is 0. The largest absolute Gasteiger partial charge is 0.390 e. The van der Waals surface area contributed by atoms with E-state index in [0.29, 0.717) is 6.61 Å². The van der Waals surface area contributed by atoms with Gasteiger partial charge in [-0.1, -0.05) is 0 Å². The maximum absolute atomic E-state index is 10.4. The van der Waals surface area contributed by atoms with E-state index in [1.165, 1.54) is 0 Å². The Bertz CT molecular complexity index is 404. The topological polar surface area (TPSA) is 127 Å². The average Bonchev–Trinajstić information content (AvgIpc) is 2.59. The fraction of sp³-hybridized carbons (Fsp3) is 1.00. The van der Waals surface area contributed by atoms with Gasteiger partial charge in [-0.25, -0.2) is 0 Å². The first-order chi connectivity index (χ1) is 12.0. The maximum atomic E-state index is 10.4. The number of aliphatic hydroxyl groups excluding tert-OH is 4. The molecule has 3 rings (SSSR count). The summed E-state index contributed by atoms with van der Waals surface area (Å²) in [5, 5.41) is 39.6. The molecule has 3 aliphatic heterocycles. The molecule has 0 aliphatic carbocycles. The first kappa shape index (κ1) is 19.4. The van der Waals surface area contributed by atoms with Crippen LogP contribution in [0.4, 0.5) is 0 Å². The lowest BCUT2D eigenvalue weighted by Crippen LogP contribution is -2.58. The Morgan fingerprint density at radius 1 is 0.960 bits per heavy atom. The van der Waals surface area contributed by atoms with E-state index in [-0.39, 0.29) is 19.1 Å². The van der Waals surface area contributed by atoms with E-state index in [4.69, 9.17) is 23.7 Å². The molecular formula is C16H28O9. The van der Waals surface area contributed by atoms with E-state index in [2.05, 4.69) is 0 Å². The molecule has 9 atom stereocenters. The molecule has 0 amide bonds. The first-order valence-corrected chi connectivity index (χ1v) is 8.83. The molecule has 146 valence electrons. The Balaban J connectivity index is 1.52. The lowest BCUT2D eigenvalue weighted by atomic mass is 10.0. The first-order valence-electron chi connectivity index (χ1n) is 8.83. The van der Waals surface area contributed by atoms with Crippen LogP contribution in [0.5, 0.6) is 0 Å². The van der Waals surface area contributed by atoms with E-state index in [1.54, 1.807) is 6.92 Å². The molecule has 0 aromatic heterocycles. The molecule has 0 aromatic rings. The standard InChI is InChI=1S/C16H28O9/c1-8-15(25-16-14(20)13(19)11(18)7-22-16)10(17)5-12(23-8)24-9-3-2-4-21-6-9/h8-20H,2-7H2,1H3/t8-,9+,10-,11+,12-,13-,14+,15-,16-/m0/s1. The van der Waals surface area contributed by atoms with Gasteiger partial charge in [0.25, 0.3) is 0 Å². The van der Waals surface area contributed by atoms with Gasteiger partial charge in [0.2, 0.25) is 0 Å². The zero-order valence-corrected chi connectivity index (χ0v) is 14.3. The quantitative estimate of drug-likeness (QED) is 0.471. The lowest BCUT2D eigenvalue weighted by molar-refractivity contribution is -0.328. The number of ether oxygens (including phenoxy) is 5. The zero-order valence-electron chi connectivity index (χ0n) is 14.3. The molecule has 0 bridgehead atoms. The Labute approximate surface area is 146 Å². The fourth-order valence-corrected chi connectivity index (χ4v) is 3.39. The summed E-state index contributed by atoms with van der Waals surface area (Å²) in [6.45, 7) is 2.84. The normalized spacial score (nSPS) is 49.1. The van der Waals surface area contributed by atoms with Gasteiger partial charge in [0.05, 0.1) is 31.5 Å². The minimum Gasteiger partial charge on any atom is -0.390 e. The van der Waals surface area contributed by atoms with E-state index >= 15 is 0 Å². The second-order valence-electron chi connectivity index (χ2n) is 6.90. The molecule has 9 nitrogen and oxygen atoms in total. The summed E-state index contributed by atoms with van der Waals surface area (Å²) in [5.41, 5.74) is 0. The SMILES string of the molecule is C[C@@H]1O[C@@H](O[C@@H]2CCCOC2)C[C@H](O)[C@H]1O[C@@H]1OC[C@@H](O)[C@H](O)[C@H]1O. The van der Waals surface area contributed by atoms with Gasteiger partial charge in [-0.05, 0) is 19.8 Å². The van der Waals surface area contributed by atoms with E-state index < -0.39 is 49.2 Å². The molecule has 0 aromatic carbocycles. The average molecular weight is 364 g/mol. The highest BCUT2D eigenvalue weighted by Crippen LogP contribution is 2.28. The van der Waals surface area contributed by atoms with Gasteiger partial charge < -0.3 is 44.1 Å². The van der Waals surface area contributed by atoms with Crippen molar-refractivity contribution in [1.29, 1.82) is 0 Å². The van der Waals surface area contributed by atoms with Crippen LogP contribution in [0.1, 0.15) is 26.2 Å². The van der Waals surface area contributed by atoms with Crippen LogP contribution < -0.4 is 0 Å². The van der Waals surface area contributed by atoms with Crippen molar-refractivity contribution in [1.82, 2.24) is 0 Å². The molecular weight excluding hydrogens is 336 g/mol. The van der Waals surface area contributed by atoms with Gasteiger partial charge in [0, 0.05) is 13.0 Å². The maximum Gasteiger partial charge on any atom is 0.186 e. The second kappa shape index (κ2) is 8.55. The van der Waals surface area contributed by atoms with Crippen LogP contribution in [0.25, 0.3) is 0 Å². The van der Waals surface area contributed by atoms with Crippen LogP contribution in [-0.2, 0) is 23.7 Å². The summed E-state index contributed by atoms with van der Waals surface area (Å²) in [7, 11) is 0. The zero-order chi connectivity index (χ0) is 18.0. The van der Waals surface area contributed by atoms with Crippen molar-refractivity contribution in [2.75, 3.05) is 19.8 Å². The molecule has 4 N–H and O–H groups in total. The molecule has 0 unspecified atom stereocenters. The molecule has 25 heavy (non-hydrogen) atoms. The third-order valence-electron chi connectivity index (χ3n) is 4.85. The number of hydrogen-bond acceptors (Lipinski definition) is 9. The molecule has 0 radical (unpaired) electrons. The van der Waals surface area contributed by atoms with Crippen molar-refractivity contribution in [2.45, 2.75) is 81.5 Å². The second-order valence-corrected chi connectivity index (χ2v) is 6.90. The third kappa shape index (κ3) is 4.68. The van der Waals surface area contributed by atoms with Crippen LogP contribution in [0.3, 0.4) is 0 Å². The fourth-order valence-electron chi connectivity index (χ4n) is 3.39. The van der Waals surface area contributed by atoms with Crippen molar-refractivity contribution >= 4 is 0 Å². The number of aliphatic hydroxyl groups is 4. The number of rotatable bonds is 4. The van der Waals surface area contributed by atoms with Crippen molar-refractivity contribution in [3.8, 4) is 0 Å². The van der Waals surface area contributed by atoms with Crippen molar-refractivity contribution in [3.05, 3.63) is 0 Å². The van der Waals surface area contributed by atoms with Crippen molar-refractivity contribution in [3.63, 3.8) is 0 Å². The minimum atomic E-state index is -1.41. The van der Waals surface area contributed by atoms with Crippen LogP contribution in [-0.4, -0.2) is 95.6 Å². The smallest absolute Gasteiger partial charge is 0.186 e. The molecule has 0 saturated carbocycles. The summed E-state index contributed by atoms with van der Waals surface area (Å²) >= 11 is 0. The summed E-state index contributed by atoms with van der Waals surface area (Å²) < 4.78 is 27.9. The monoisotopic (exact) mass is 364 g/mol. The van der Waals surface area contributed by atoms with Gasteiger partial charge in [-0.3, -0.25) is 0 Å².